The first-order valence-electron chi connectivity index (χ1n) is 6.68. The van der Waals surface area contributed by atoms with Crippen molar-refractivity contribution in [1.82, 2.24) is 4.90 Å². The van der Waals surface area contributed by atoms with Crippen LogP contribution in [0, 0.1) is 5.92 Å². The van der Waals surface area contributed by atoms with Crippen LogP contribution in [0.25, 0.3) is 0 Å². The van der Waals surface area contributed by atoms with Gasteiger partial charge in [0, 0.05) is 18.7 Å². The summed E-state index contributed by atoms with van der Waals surface area (Å²) < 4.78 is 5.37. The van der Waals surface area contributed by atoms with Crippen LogP contribution in [0.4, 0.5) is 0 Å². The van der Waals surface area contributed by atoms with E-state index in [0.717, 1.165) is 31.8 Å². The average molecular weight is 250 g/mol. The predicted octanol–water partition coefficient (Wildman–Crippen LogP) is 2.50. The topological polar surface area (TPSA) is 38.5 Å². The summed E-state index contributed by atoms with van der Waals surface area (Å²) in [5.74, 6) is 1.66. The maximum Gasteiger partial charge on any atom is 0.123 e. The third kappa shape index (κ3) is 5.07. The fourth-order valence-electron chi connectivity index (χ4n) is 2.28. The number of ether oxygens (including phenoxy) is 1. The van der Waals surface area contributed by atoms with E-state index in [1.807, 2.05) is 12.1 Å². The lowest BCUT2D eigenvalue weighted by molar-refractivity contribution is 0.265. The zero-order chi connectivity index (χ0) is 13.4. The van der Waals surface area contributed by atoms with Crippen molar-refractivity contribution in [2.75, 3.05) is 27.2 Å². The van der Waals surface area contributed by atoms with Gasteiger partial charge in [0.25, 0.3) is 0 Å². The molecular formula is C15H26N2O. The first-order valence-corrected chi connectivity index (χ1v) is 6.68. The van der Waals surface area contributed by atoms with E-state index < -0.39 is 0 Å². The predicted molar refractivity (Wildman–Crippen MR) is 76.8 cm³/mol. The molecule has 102 valence electrons. The number of hydrogen-bond acceptors (Lipinski definition) is 3. The molecule has 0 amide bonds. The monoisotopic (exact) mass is 250 g/mol. The maximum absolute atomic E-state index is 5.54. The van der Waals surface area contributed by atoms with Gasteiger partial charge in [0.15, 0.2) is 0 Å². The zero-order valence-electron chi connectivity index (χ0n) is 11.9. The Morgan fingerprint density at radius 3 is 2.72 bits per heavy atom. The Morgan fingerprint density at radius 2 is 2.06 bits per heavy atom. The van der Waals surface area contributed by atoms with Crippen LogP contribution in [0.15, 0.2) is 24.3 Å². The summed E-state index contributed by atoms with van der Waals surface area (Å²) in [6, 6.07) is 8.21. The fourth-order valence-corrected chi connectivity index (χ4v) is 2.28. The molecule has 0 heterocycles. The number of hydrogen-bond donors (Lipinski definition) is 1. The highest BCUT2D eigenvalue weighted by Gasteiger charge is 2.09. The van der Waals surface area contributed by atoms with E-state index in [1.165, 1.54) is 12.0 Å². The fraction of sp³-hybridized carbons (Fsp3) is 0.600. The minimum atomic E-state index is 0.688. The van der Waals surface area contributed by atoms with Crippen LogP contribution in [-0.2, 0) is 6.54 Å². The molecule has 1 aromatic carbocycles. The van der Waals surface area contributed by atoms with Gasteiger partial charge in [0.1, 0.15) is 5.75 Å². The molecule has 0 spiro atoms. The van der Waals surface area contributed by atoms with E-state index in [-0.39, 0.29) is 0 Å². The molecule has 0 aromatic heterocycles. The van der Waals surface area contributed by atoms with Crippen molar-refractivity contribution in [1.29, 1.82) is 0 Å². The van der Waals surface area contributed by atoms with Crippen molar-refractivity contribution in [3.05, 3.63) is 29.8 Å². The molecule has 1 aromatic rings. The summed E-state index contributed by atoms with van der Waals surface area (Å²) in [7, 11) is 3.88. The first-order chi connectivity index (χ1) is 8.67. The third-order valence-corrected chi connectivity index (χ3v) is 3.16. The summed E-state index contributed by atoms with van der Waals surface area (Å²) in [6.07, 6.45) is 2.32. The normalized spacial score (nSPS) is 12.7. The van der Waals surface area contributed by atoms with Crippen molar-refractivity contribution in [2.24, 2.45) is 11.7 Å². The van der Waals surface area contributed by atoms with Gasteiger partial charge in [-0.1, -0.05) is 25.1 Å². The standard InChI is InChI=1S/C15H26N2O/c1-13(7-6-10-16)11-17(2)12-14-8-4-5-9-15(14)18-3/h4-5,8-9,13H,6-7,10-12,16H2,1-3H3. The molecule has 0 radical (unpaired) electrons. The van der Waals surface area contributed by atoms with Crippen LogP contribution < -0.4 is 10.5 Å². The molecule has 0 aliphatic rings. The molecule has 18 heavy (non-hydrogen) atoms. The van der Waals surface area contributed by atoms with Crippen LogP contribution in [0.3, 0.4) is 0 Å². The molecule has 1 unspecified atom stereocenters. The largest absolute Gasteiger partial charge is 0.496 e. The Balaban J connectivity index is 2.46. The zero-order valence-corrected chi connectivity index (χ0v) is 11.9. The van der Waals surface area contributed by atoms with Gasteiger partial charge in [-0.3, -0.25) is 0 Å². The Labute approximate surface area is 111 Å². The number of rotatable bonds is 8. The summed E-state index contributed by atoms with van der Waals surface area (Å²) >= 11 is 0. The minimum absolute atomic E-state index is 0.688. The van der Waals surface area contributed by atoms with E-state index in [0.29, 0.717) is 5.92 Å². The van der Waals surface area contributed by atoms with Crippen LogP contribution in [0.1, 0.15) is 25.3 Å². The van der Waals surface area contributed by atoms with Gasteiger partial charge in [0.2, 0.25) is 0 Å². The highest BCUT2D eigenvalue weighted by atomic mass is 16.5. The molecule has 0 aliphatic heterocycles. The Bertz CT molecular complexity index is 341. The molecule has 0 aliphatic carbocycles. The number of benzene rings is 1. The SMILES string of the molecule is COc1ccccc1CN(C)CC(C)CCCN. The smallest absolute Gasteiger partial charge is 0.123 e. The van der Waals surface area contributed by atoms with Crippen molar-refractivity contribution in [3.8, 4) is 5.75 Å². The molecule has 2 N–H and O–H groups in total. The van der Waals surface area contributed by atoms with E-state index in [9.17, 15) is 0 Å². The molecule has 3 heteroatoms. The van der Waals surface area contributed by atoms with E-state index >= 15 is 0 Å². The number of methoxy groups -OCH3 is 1. The van der Waals surface area contributed by atoms with Crippen LogP contribution in [0.2, 0.25) is 0 Å². The second-order valence-corrected chi connectivity index (χ2v) is 5.04. The molecule has 0 bridgehead atoms. The quantitative estimate of drug-likeness (QED) is 0.770. The summed E-state index contributed by atoms with van der Waals surface area (Å²) in [5.41, 5.74) is 6.78. The third-order valence-electron chi connectivity index (χ3n) is 3.16. The summed E-state index contributed by atoms with van der Waals surface area (Å²) in [5, 5.41) is 0. The molecule has 3 nitrogen and oxygen atoms in total. The molecule has 1 atom stereocenters. The van der Waals surface area contributed by atoms with Gasteiger partial charge in [0.05, 0.1) is 7.11 Å². The van der Waals surface area contributed by atoms with Gasteiger partial charge in [-0.25, -0.2) is 0 Å². The second kappa shape index (κ2) is 8.11. The Morgan fingerprint density at radius 1 is 1.33 bits per heavy atom. The molecule has 1 rings (SSSR count). The molecular weight excluding hydrogens is 224 g/mol. The molecule has 0 saturated heterocycles. The van der Waals surface area contributed by atoms with Gasteiger partial charge in [-0.2, -0.15) is 0 Å². The lowest BCUT2D eigenvalue weighted by Crippen LogP contribution is -2.24. The van der Waals surface area contributed by atoms with E-state index in [1.54, 1.807) is 7.11 Å². The van der Waals surface area contributed by atoms with E-state index in [2.05, 4.69) is 31.0 Å². The highest BCUT2D eigenvalue weighted by Crippen LogP contribution is 2.19. The lowest BCUT2D eigenvalue weighted by atomic mass is 10.0. The van der Waals surface area contributed by atoms with Gasteiger partial charge < -0.3 is 15.4 Å². The minimum Gasteiger partial charge on any atom is -0.496 e. The first kappa shape index (κ1) is 15.0. The maximum atomic E-state index is 5.54. The molecule has 0 saturated carbocycles. The number of para-hydroxylation sites is 1. The van der Waals surface area contributed by atoms with E-state index in [4.69, 9.17) is 10.5 Å². The van der Waals surface area contributed by atoms with Crippen molar-refractivity contribution in [3.63, 3.8) is 0 Å². The van der Waals surface area contributed by atoms with Crippen LogP contribution in [-0.4, -0.2) is 32.1 Å². The van der Waals surface area contributed by atoms with Crippen molar-refractivity contribution in [2.45, 2.75) is 26.3 Å². The highest BCUT2D eigenvalue weighted by molar-refractivity contribution is 5.32. The van der Waals surface area contributed by atoms with Gasteiger partial charge >= 0.3 is 0 Å². The second-order valence-electron chi connectivity index (χ2n) is 5.04. The summed E-state index contributed by atoms with van der Waals surface area (Å²) in [4.78, 5) is 2.35. The van der Waals surface area contributed by atoms with Crippen LogP contribution >= 0.6 is 0 Å². The lowest BCUT2D eigenvalue weighted by Gasteiger charge is -2.22. The average Bonchev–Trinajstić information content (AvgIpc) is 2.36. The molecule has 0 fully saturated rings. The Hall–Kier alpha value is -1.06. The summed E-state index contributed by atoms with van der Waals surface area (Å²) in [6.45, 7) is 5.10. The van der Waals surface area contributed by atoms with Crippen LogP contribution in [0.5, 0.6) is 5.75 Å². The Kier molecular flexibility index (Phi) is 6.76. The van der Waals surface area contributed by atoms with Crippen molar-refractivity contribution < 1.29 is 4.74 Å². The van der Waals surface area contributed by atoms with Gasteiger partial charge in [-0.15, -0.1) is 0 Å². The van der Waals surface area contributed by atoms with Crippen molar-refractivity contribution >= 4 is 0 Å². The number of nitrogens with zero attached hydrogens (tertiary/aromatic N) is 1. The number of nitrogens with two attached hydrogens (primary N) is 1. The van der Waals surface area contributed by atoms with Gasteiger partial charge in [-0.05, 0) is 38.4 Å².